The SMILES string of the molecule is Cc1cc2c(cc1C)[C@@H]1C[C@H](OC(=O)C(C)C)[C@@H](CCCCCCCSCCSF)CN1CC2. The Bertz CT molecular complexity index is 788. The molecule has 2 heterocycles. The van der Waals surface area contributed by atoms with E-state index in [9.17, 15) is 8.68 Å². The van der Waals surface area contributed by atoms with E-state index in [-0.39, 0.29) is 18.0 Å². The van der Waals surface area contributed by atoms with Crippen LogP contribution in [0.15, 0.2) is 12.1 Å². The molecule has 3 atom stereocenters. The standard InChI is InChI=1S/C28H44FNO2S2/c1-20(2)28(31)32-27-18-26-25-17-22(4)21(3)16-23(25)11-12-30(26)19-24(27)10-8-6-5-7-9-13-33-14-15-34-29/h16-17,20,24,26-27H,5-15,18-19H2,1-4H3/t24-,26-,27-/m0/s1. The number of thioether (sulfide) groups is 1. The van der Waals surface area contributed by atoms with Crippen molar-refractivity contribution in [3.63, 3.8) is 0 Å². The number of aryl methyl sites for hydroxylation is 2. The van der Waals surface area contributed by atoms with Crippen molar-refractivity contribution in [3.8, 4) is 0 Å². The highest BCUT2D eigenvalue weighted by molar-refractivity contribution is 8.01. The molecule has 0 spiro atoms. The van der Waals surface area contributed by atoms with Crippen LogP contribution in [0.1, 0.15) is 87.1 Å². The first-order chi connectivity index (χ1) is 16.4. The molecule has 1 aromatic rings. The fourth-order valence-electron chi connectivity index (χ4n) is 5.41. The van der Waals surface area contributed by atoms with Crippen molar-refractivity contribution in [2.24, 2.45) is 11.8 Å². The average Bonchev–Trinajstić information content (AvgIpc) is 2.81. The Morgan fingerprint density at radius 2 is 1.82 bits per heavy atom. The highest BCUT2D eigenvalue weighted by Gasteiger charge is 2.40. The van der Waals surface area contributed by atoms with Gasteiger partial charge in [-0.25, -0.2) is 0 Å². The maximum atomic E-state index is 12.5. The number of unbranched alkanes of at least 4 members (excludes halogenated alkanes) is 4. The molecule has 0 saturated carbocycles. The van der Waals surface area contributed by atoms with Gasteiger partial charge in [-0.3, -0.25) is 9.69 Å². The van der Waals surface area contributed by atoms with Crippen LogP contribution in [-0.2, 0) is 16.0 Å². The van der Waals surface area contributed by atoms with E-state index in [1.54, 1.807) is 0 Å². The summed E-state index contributed by atoms with van der Waals surface area (Å²) in [6.07, 6.45) is 9.42. The van der Waals surface area contributed by atoms with Crippen LogP contribution in [-0.4, -0.2) is 47.3 Å². The molecular weight excluding hydrogens is 465 g/mol. The zero-order valence-corrected chi connectivity index (χ0v) is 23.2. The van der Waals surface area contributed by atoms with Crippen LogP contribution < -0.4 is 0 Å². The predicted octanol–water partition coefficient (Wildman–Crippen LogP) is 7.48. The highest BCUT2D eigenvalue weighted by Crippen LogP contribution is 2.41. The largest absolute Gasteiger partial charge is 0.462 e. The van der Waals surface area contributed by atoms with Crippen molar-refractivity contribution in [3.05, 3.63) is 34.4 Å². The third kappa shape index (κ3) is 7.89. The number of ether oxygens (including phenoxy) is 1. The molecule has 34 heavy (non-hydrogen) atoms. The van der Waals surface area contributed by atoms with Gasteiger partial charge in [-0.1, -0.05) is 51.7 Å². The topological polar surface area (TPSA) is 29.5 Å². The average molecular weight is 510 g/mol. The number of hydrogen-bond donors (Lipinski definition) is 0. The number of nitrogens with zero attached hydrogens (tertiary/aromatic N) is 1. The van der Waals surface area contributed by atoms with Crippen LogP contribution in [0.2, 0.25) is 0 Å². The summed E-state index contributed by atoms with van der Waals surface area (Å²) in [5, 5.41) is 0. The fraction of sp³-hybridized carbons (Fsp3) is 0.750. The number of halogens is 1. The molecule has 3 nitrogen and oxygen atoms in total. The Morgan fingerprint density at radius 3 is 2.59 bits per heavy atom. The zero-order chi connectivity index (χ0) is 24.5. The Hall–Kier alpha value is -0.720. The third-order valence-electron chi connectivity index (χ3n) is 7.58. The van der Waals surface area contributed by atoms with Crippen LogP contribution in [0.4, 0.5) is 3.89 Å². The summed E-state index contributed by atoms with van der Waals surface area (Å²) >= 11 is 2.31. The molecule has 0 amide bonds. The summed E-state index contributed by atoms with van der Waals surface area (Å²) in [4.78, 5) is 15.2. The molecule has 6 heteroatoms. The number of esters is 1. The monoisotopic (exact) mass is 509 g/mol. The minimum absolute atomic E-state index is 0.0217. The molecule has 192 valence electrons. The maximum Gasteiger partial charge on any atom is 0.308 e. The first kappa shape index (κ1) is 27.9. The molecular formula is C28H44FNO2S2. The summed E-state index contributed by atoms with van der Waals surface area (Å²) in [5.41, 5.74) is 5.68. The third-order valence-corrected chi connectivity index (χ3v) is 9.27. The molecule has 1 saturated heterocycles. The van der Waals surface area contributed by atoms with Crippen molar-refractivity contribution >= 4 is 29.9 Å². The van der Waals surface area contributed by atoms with Crippen LogP contribution in [0.5, 0.6) is 0 Å². The van der Waals surface area contributed by atoms with Crippen LogP contribution >= 0.6 is 23.9 Å². The molecule has 1 fully saturated rings. The van der Waals surface area contributed by atoms with E-state index in [1.807, 2.05) is 25.6 Å². The van der Waals surface area contributed by atoms with E-state index in [1.165, 1.54) is 54.4 Å². The van der Waals surface area contributed by atoms with Gasteiger partial charge in [0.1, 0.15) is 6.10 Å². The van der Waals surface area contributed by atoms with Crippen LogP contribution in [0.3, 0.4) is 0 Å². The van der Waals surface area contributed by atoms with Crippen LogP contribution in [0.25, 0.3) is 0 Å². The minimum Gasteiger partial charge on any atom is -0.462 e. The molecule has 1 aromatic carbocycles. The molecule has 0 aromatic heterocycles. The van der Waals surface area contributed by atoms with Gasteiger partial charge in [0.15, 0.2) is 0 Å². The molecule has 0 radical (unpaired) electrons. The lowest BCUT2D eigenvalue weighted by molar-refractivity contribution is -0.161. The molecule has 3 rings (SSSR count). The Labute approximate surface area is 215 Å². The van der Waals surface area contributed by atoms with Crippen molar-refractivity contribution in [2.45, 2.75) is 91.2 Å². The van der Waals surface area contributed by atoms with E-state index in [0.29, 0.717) is 29.9 Å². The molecule has 2 aliphatic rings. The normalized spacial score (nSPS) is 22.5. The number of rotatable bonds is 13. The molecule has 0 aliphatic carbocycles. The number of carbonyl (C=O) groups excluding carboxylic acids is 1. The first-order valence-corrected chi connectivity index (χ1v) is 15.3. The van der Waals surface area contributed by atoms with Gasteiger partial charge in [-0.15, -0.1) is 0 Å². The van der Waals surface area contributed by atoms with E-state index in [0.717, 1.165) is 43.9 Å². The fourth-order valence-corrected chi connectivity index (χ4v) is 6.74. The lowest BCUT2D eigenvalue weighted by atomic mass is 9.79. The number of carbonyl (C=O) groups is 1. The lowest BCUT2D eigenvalue weighted by Gasteiger charge is -2.47. The maximum absolute atomic E-state index is 12.5. The van der Waals surface area contributed by atoms with Crippen molar-refractivity contribution < 1.29 is 13.4 Å². The number of hydrogen-bond acceptors (Lipinski definition) is 5. The molecule has 0 unspecified atom stereocenters. The van der Waals surface area contributed by atoms with Crippen molar-refractivity contribution in [1.82, 2.24) is 4.90 Å². The molecule has 0 N–H and O–H groups in total. The lowest BCUT2D eigenvalue weighted by Crippen LogP contribution is -2.49. The second-order valence-electron chi connectivity index (χ2n) is 10.5. The smallest absolute Gasteiger partial charge is 0.308 e. The summed E-state index contributed by atoms with van der Waals surface area (Å²) in [5.74, 6) is 2.97. The molecule has 0 bridgehead atoms. The second kappa shape index (κ2) is 14.1. The summed E-state index contributed by atoms with van der Waals surface area (Å²) < 4.78 is 18.2. The van der Waals surface area contributed by atoms with Gasteiger partial charge in [0.25, 0.3) is 0 Å². The van der Waals surface area contributed by atoms with Crippen molar-refractivity contribution in [2.75, 3.05) is 30.3 Å². The van der Waals surface area contributed by atoms with Crippen molar-refractivity contribution in [1.29, 1.82) is 0 Å². The Balaban J connectivity index is 1.53. The minimum atomic E-state index is -0.0800. The Morgan fingerprint density at radius 1 is 1.09 bits per heavy atom. The van der Waals surface area contributed by atoms with E-state index < -0.39 is 0 Å². The van der Waals surface area contributed by atoms with Gasteiger partial charge < -0.3 is 4.74 Å². The second-order valence-corrected chi connectivity index (χ2v) is 12.4. The Kier molecular flexibility index (Phi) is 11.6. The summed E-state index contributed by atoms with van der Waals surface area (Å²) in [6.45, 7) is 10.4. The van der Waals surface area contributed by atoms with Gasteiger partial charge in [0.05, 0.1) is 5.92 Å². The zero-order valence-electron chi connectivity index (χ0n) is 21.6. The first-order valence-electron chi connectivity index (χ1n) is 13.3. The highest BCUT2D eigenvalue weighted by atomic mass is 32.2. The van der Waals surface area contributed by atoms with Gasteiger partial charge in [0, 0.05) is 55.1 Å². The number of piperidine rings is 1. The quantitative estimate of drug-likeness (QED) is 0.203. The van der Waals surface area contributed by atoms with E-state index >= 15 is 0 Å². The van der Waals surface area contributed by atoms with Gasteiger partial charge in [-0.2, -0.15) is 15.6 Å². The van der Waals surface area contributed by atoms with Gasteiger partial charge in [-0.05, 0) is 61.1 Å². The van der Waals surface area contributed by atoms with E-state index in [4.69, 9.17) is 4.74 Å². The van der Waals surface area contributed by atoms with Gasteiger partial charge >= 0.3 is 5.97 Å². The van der Waals surface area contributed by atoms with E-state index in [2.05, 4.69) is 30.9 Å². The predicted molar refractivity (Wildman–Crippen MR) is 145 cm³/mol. The number of benzene rings is 1. The summed E-state index contributed by atoms with van der Waals surface area (Å²) in [6, 6.07) is 5.14. The summed E-state index contributed by atoms with van der Waals surface area (Å²) in [7, 11) is 0. The number of fused-ring (bicyclic) bond motifs is 3. The van der Waals surface area contributed by atoms with Gasteiger partial charge in [0.2, 0.25) is 0 Å². The van der Waals surface area contributed by atoms with Crippen LogP contribution in [0, 0.1) is 25.7 Å². The molecule has 2 aliphatic heterocycles.